The lowest BCUT2D eigenvalue weighted by atomic mass is 9.95. The van der Waals surface area contributed by atoms with Crippen molar-refractivity contribution in [1.82, 2.24) is 15.5 Å². The number of hydrogen-bond acceptors (Lipinski definition) is 3. The highest BCUT2D eigenvalue weighted by Gasteiger charge is 2.24. The zero-order chi connectivity index (χ0) is 20.1. The van der Waals surface area contributed by atoms with Crippen LogP contribution in [-0.4, -0.2) is 44.7 Å². The van der Waals surface area contributed by atoms with Crippen molar-refractivity contribution in [1.29, 1.82) is 0 Å². The third kappa shape index (κ3) is 10.4. The van der Waals surface area contributed by atoms with Crippen molar-refractivity contribution in [2.24, 2.45) is 5.92 Å². The first-order valence-corrected chi connectivity index (χ1v) is 10.4. The maximum absolute atomic E-state index is 4.40. The van der Waals surface area contributed by atoms with Gasteiger partial charge in [-0.1, -0.05) is 56.4 Å². The first-order valence-electron chi connectivity index (χ1n) is 10.4. The minimum absolute atomic E-state index is 0.228. The molecule has 0 aromatic heterocycles. The second kappa shape index (κ2) is 13.6. The summed E-state index contributed by atoms with van der Waals surface area (Å²) in [7, 11) is 4.18. The molecule has 0 spiro atoms. The minimum Gasteiger partial charge on any atom is -0.389 e. The lowest BCUT2D eigenvalue weighted by Gasteiger charge is -2.21. The molecule has 1 unspecified atom stereocenters. The molecule has 0 aromatic carbocycles. The Hall–Kier alpha value is -1.58. The molecule has 0 heterocycles. The third-order valence-corrected chi connectivity index (χ3v) is 4.89. The summed E-state index contributed by atoms with van der Waals surface area (Å²) in [5, 5.41) is 6.97. The molecule has 3 heteroatoms. The topological polar surface area (TPSA) is 27.3 Å². The Labute approximate surface area is 168 Å². The van der Waals surface area contributed by atoms with Crippen molar-refractivity contribution < 1.29 is 0 Å². The van der Waals surface area contributed by atoms with Crippen molar-refractivity contribution in [3.05, 3.63) is 60.4 Å². The van der Waals surface area contributed by atoms with Gasteiger partial charge in [-0.3, -0.25) is 0 Å². The van der Waals surface area contributed by atoms with Gasteiger partial charge >= 0.3 is 0 Å². The van der Waals surface area contributed by atoms with Crippen molar-refractivity contribution in [2.75, 3.05) is 33.7 Å². The summed E-state index contributed by atoms with van der Waals surface area (Å²) in [4.78, 5) is 2.32. The second-order valence-corrected chi connectivity index (χ2v) is 7.77. The summed E-state index contributed by atoms with van der Waals surface area (Å²) in [5.41, 5.74) is 3.89. The van der Waals surface area contributed by atoms with Crippen LogP contribution in [0.2, 0.25) is 0 Å². The quantitative estimate of drug-likeness (QED) is 0.245. The number of likely N-dealkylation sites (N-methyl/N-ethyl adjacent to an activating group) is 2. The lowest BCUT2D eigenvalue weighted by molar-refractivity contribution is 0.364. The Bertz CT molecular complexity index is 538. The van der Waals surface area contributed by atoms with E-state index in [1.165, 1.54) is 36.0 Å². The molecule has 1 atom stereocenters. The lowest BCUT2D eigenvalue weighted by Crippen LogP contribution is -2.30. The molecular weight excluding hydrogens is 330 g/mol. The van der Waals surface area contributed by atoms with Crippen LogP contribution in [0.25, 0.3) is 0 Å². The fraction of sp³-hybridized carbons (Fsp3) is 0.583. The molecule has 0 radical (unpaired) electrons. The summed E-state index contributed by atoms with van der Waals surface area (Å²) in [6, 6.07) is 0.228. The summed E-state index contributed by atoms with van der Waals surface area (Å²) < 4.78 is 0. The van der Waals surface area contributed by atoms with E-state index >= 15 is 0 Å². The molecule has 0 aromatic rings. The van der Waals surface area contributed by atoms with Crippen molar-refractivity contribution in [3.8, 4) is 0 Å². The van der Waals surface area contributed by atoms with E-state index in [4.69, 9.17) is 0 Å². The number of nitrogens with one attached hydrogen (secondary N) is 2. The molecule has 1 rings (SSSR count). The van der Waals surface area contributed by atoms with Gasteiger partial charge in [0.05, 0.1) is 6.04 Å². The van der Waals surface area contributed by atoms with Crippen LogP contribution < -0.4 is 10.6 Å². The molecule has 1 saturated carbocycles. The minimum atomic E-state index is 0.228. The molecule has 1 aliphatic rings. The van der Waals surface area contributed by atoms with Crippen LogP contribution in [0.4, 0.5) is 0 Å². The maximum atomic E-state index is 4.40. The number of unbranched alkanes of at least 4 members (excludes halogenated alkanes) is 1. The summed E-state index contributed by atoms with van der Waals surface area (Å²) in [6.45, 7) is 15.4. The van der Waals surface area contributed by atoms with Gasteiger partial charge in [0.1, 0.15) is 0 Å². The highest BCUT2D eigenvalue weighted by molar-refractivity contribution is 5.36. The standard InChI is InChI=1S/C24H41N3/c1-7-9-10-12-24(25-5)23(21(4)17-22-13-14-22)18-26-15-16-27(6)19-20(3)11-8-2/h8,10-12,18,22,24-26H,2,4,7,9,13-17,19H2,1,3,5-6H3/b12-10-,20-11-,23-18-. The molecule has 0 bridgehead atoms. The number of nitrogens with zero attached hydrogens (tertiary/aromatic N) is 1. The molecule has 1 aliphatic carbocycles. The average Bonchev–Trinajstić information content (AvgIpc) is 3.43. The van der Waals surface area contributed by atoms with E-state index < -0.39 is 0 Å². The predicted octanol–water partition coefficient (Wildman–Crippen LogP) is 4.82. The van der Waals surface area contributed by atoms with Crippen molar-refractivity contribution in [2.45, 2.75) is 52.0 Å². The molecule has 0 amide bonds. The second-order valence-electron chi connectivity index (χ2n) is 7.77. The predicted molar refractivity (Wildman–Crippen MR) is 121 cm³/mol. The van der Waals surface area contributed by atoms with Crippen LogP contribution in [0.1, 0.15) is 46.0 Å². The maximum Gasteiger partial charge on any atom is 0.0520 e. The van der Waals surface area contributed by atoms with Gasteiger partial charge in [-0.05, 0) is 63.8 Å². The van der Waals surface area contributed by atoms with Gasteiger partial charge in [0.2, 0.25) is 0 Å². The Morgan fingerprint density at radius 1 is 1.33 bits per heavy atom. The summed E-state index contributed by atoms with van der Waals surface area (Å²) in [5.74, 6) is 0.851. The first kappa shape index (κ1) is 23.5. The fourth-order valence-electron chi connectivity index (χ4n) is 3.15. The smallest absolute Gasteiger partial charge is 0.0520 e. The third-order valence-electron chi connectivity index (χ3n) is 4.89. The van der Waals surface area contributed by atoms with Crippen LogP contribution in [-0.2, 0) is 0 Å². The zero-order valence-corrected chi connectivity index (χ0v) is 18.1. The zero-order valence-electron chi connectivity index (χ0n) is 18.1. The van der Waals surface area contributed by atoms with E-state index in [0.717, 1.165) is 38.4 Å². The Morgan fingerprint density at radius 2 is 2.07 bits per heavy atom. The van der Waals surface area contributed by atoms with Gasteiger partial charge in [-0.2, -0.15) is 0 Å². The number of allylic oxidation sites excluding steroid dienone is 3. The van der Waals surface area contributed by atoms with E-state index in [-0.39, 0.29) is 6.04 Å². The highest BCUT2D eigenvalue weighted by Crippen LogP contribution is 2.37. The Kier molecular flexibility index (Phi) is 11.8. The Balaban J connectivity index is 2.63. The van der Waals surface area contributed by atoms with Crippen LogP contribution in [0, 0.1) is 5.92 Å². The van der Waals surface area contributed by atoms with E-state index in [1.54, 1.807) is 0 Å². The Morgan fingerprint density at radius 3 is 2.67 bits per heavy atom. The summed E-state index contributed by atoms with van der Waals surface area (Å²) >= 11 is 0. The van der Waals surface area contributed by atoms with Crippen LogP contribution in [0.5, 0.6) is 0 Å². The first-order chi connectivity index (χ1) is 13.0. The van der Waals surface area contributed by atoms with Crippen molar-refractivity contribution in [3.63, 3.8) is 0 Å². The fourth-order valence-corrected chi connectivity index (χ4v) is 3.15. The molecular formula is C24H41N3. The van der Waals surface area contributed by atoms with E-state index in [2.05, 4.69) is 74.0 Å². The monoisotopic (exact) mass is 371 g/mol. The average molecular weight is 372 g/mol. The van der Waals surface area contributed by atoms with E-state index in [0.29, 0.717) is 0 Å². The van der Waals surface area contributed by atoms with E-state index in [9.17, 15) is 0 Å². The van der Waals surface area contributed by atoms with Crippen LogP contribution in [0.15, 0.2) is 60.4 Å². The van der Waals surface area contributed by atoms with Crippen LogP contribution >= 0.6 is 0 Å². The van der Waals surface area contributed by atoms with Crippen molar-refractivity contribution >= 4 is 0 Å². The van der Waals surface area contributed by atoms with Gasteiger partial charge < -0.3 is 15.5 Å². The van der Waals surface area contributed by atoms with E-state index in [1.807, 2.05) is 13.1 Å². The number of hydrogen-bond donors (Lipinski definition) is 2. The SMILES string of the molecule is C=C/C=C(/C)CN(C)CCN/C=C(/C(=C)CC1CC1)C(/C=C\CCC)NC. The molecule has 0 saturated heterocycles. The highest BCUT2D eigenvalue weighted by atomic mass is 15.1. The van der Waals surface area contributed by atoms with Gasteiger partial charge in [0.15, 0.2) is 0 Å². The molecule has 1 fully saturated rings. The molecule has 27 heavy (non-hydrogen) atoms. The van der Waals surface area contributed by atoms with Crippen LogP contribution in [0.3, 0.4) is 0 Å². The summed E-state index contributed by atoms with van der Waals surface area (Å²) in [6.07, 6.45) is 16.8. The molecule has 2 N–H and O–H groups in total. The number of rotatable bonds is 15. The molecule has 3 nitrogen and oxygen atoms in total. The molecule has 0 aliphatic heterocycles. The normalized spacial score (nSPS) is 16.8. The largest absolute Gasteiger partial charge is 0.389 e. The van der Waals surface area contributed by atoms with Gasteiger partial charge in [-0.25, -0.2) is 0 Å². The van der Waals surface area contributed by atoms with Gasteiger partial charge in [0.25, 0.3) is 0 Å². The van der Waals surface area contributed by atoms with Gasteiger partial charge in [0, 0.05) is 25.8 Å². The van der Waals surface area contributed by atoms with Gasteiger partial charge in [-0.15, -0.1) is 0 Å². The molecule has 152 valence electrons.